The molecule has 1 aliphatic rings. The predicted molar refractivity (Wildman–Crippen MR) is 109 cm³/mol. The predicted octanol–water partition coefficient (Wildman–Crippen LogP) is 5.28. The number of fused-ring (bicyclic) bond motifs is 3. The van der Waals surface area contributed by atoms with Gasteiger partial charge in [0.1, 0.15) is 11.3 Å². The highest BCUT2D eigenvalue weighted by molar-refractivity contribution is 7.92. The maximum absolute atomic E-state index is 13.0. The van der Waals surface area contributed by atoms with Gasteiger partial charge < -0.3 is 4.42 Å². The van der Waals surface area contributed by atoms with E-state index in [-0.39, 0.29) is 0 Å². The van der Waals surface area contributed by atoms with Gasteiger partial charge in [-0.05, 0) is 68.9 Å². The molecule has 0 amide bonds. The van der Waals surface area contributed by atoms with Crippen molar-refractivity contribution in [3.8, 4) is 0 Å². The van der Waals surface area contributed by atoms with Crippen molar-refractivity contribution in [3.63, 3.8) is 0 Å². The van der Waals surface area contributed by atoms with E-state index in [1.807, 2.05) is 45.0 Å². The molecule has 4 rings (SSSR count). The molecular weight excluding hydrogens is 358 g/mol. The number of hydrogen-bond donors (Lipinski definition) is 1. The van der Waals surface area contributed by atoms with Gasteiger partial charge in [0.2, 0.25) is 0 Å². The first kappa shape index (κ1) is 18.1. The zero-order valence-corrected chi connectivity index (χ0v) is 17.0. The first-order valence-corrected chi connectivity index (χ1v) is 10.9. The van der Waals surface area contributed by atoms with Gasteiger partial charge in [0.25, 0.3) is 10.0 Å². The number of anilines is 1. The summed E-state index contributed by atoms with van der Waals surface area (Å²) in [6, 6.07) is 9.35. The molecule has 27 heavy (non-hydrogen) atoms. The highest BCUT2D eigenvalue weighted by Crippen LogP contribution is 2.35. The number of furan rings is 1. The van der Waals surface area contributed by atoms with E-state index in [0.29, 0.717) is 16.5 Å². The van der Waals surface area contributed by atoms with Crippen LogP contribution >= 0.6 is 0 Å². The lowest BCUT2D eigenvalue weighted by atomic mass is 9.88. The van der Waals surface area contributed by atoms with Crippen LogP contribution in [0.1, 0.15) is 41.4 Å². The van der Waals surface area contributed by atoms with Crippen molar-refractivity contribution in [3.05, 3.63) is 58.3 Å². The van der Waals surface area contributed by atoms with Crippen molar-refractivity contribution in [2.24, 2.45) is 5.92 Å². The second kappa shape index (κ2) is 6.41. The third-order valence-electron chi connectivity index (χ3n) is 5.42. The largest absolute Gasteiger partial charge is 0.461 e. The maximum Gasteiger partial charge on any atom is 0.262 e. The molecule has 1 atom stereocenters. The fraction of sp³-hybridized carbons (Fsp3) is 0.364. The van der Waals surface area contributed by atoms with Crippen LogP contribution in [0.4, 0.5) is 5.69 Å². The summed E-state index contributed by atoms with van der Waals surface area (Å²) in [5.41, 5.74) is 5.21. The van der Waals surface area contributed by atoms with Crippen molar-refractivity contribution in [2.75, 3.05) is 4.72 Å². The second-order valence-electron chi connectivity index (χ2n) is 7.90. The molecule has 5 heteroatoms. The SMILES string of the molecule is Cc1cc(C)c(S(=O)(=O)Nc2ccc3oc4c(c3c2)CC[C@H](C)C4)c(C)c1. The van der Waals surface area contributed by atoms with E-state index in [1.54, 1.807) is 6.07 Å². The van der Waals surface area contributed by atoms with Crippen LogP contribution in [0.3, 0.4) is 0 Å². The Hall–Kier alpha value is -2.27. The van der Waals surface area contributed by atoms with E-state index in [0.717, 1.165) is 52.7 Å². The molecule has 0 spiro atoms. The molecule has 1 heterocycles. The minimum Gasteiger partial charge on any atom is -0.461 e. The maximum atomic E-state index is 13.0. The summed E-state index contributed by atoms with van der Waals surface area (Å²) >= 11 is 0. The fourth-order valence-corrected chi connectivity index (χ4v) is 5.81. The molecule has 0 unspecified atom stereocenters. The van der Waals surface area contributed by atoms with Gasteiger partial charge in [-0.15, -0.1) is 0 Å². The van der Waals surface area contributed by atoms with Gasteiger partial charge in [-0.1, -0.05) is 24.6 Å². The fourth-order valence-electron chi connectivity index (χ4n) is 4.31. The lowest BCUT2D eigenvalue weighted by molar-refractivity contribution is 0.426. The van der Waals surface area contributed by atoms with E-state index in [4.69, 9.17) is 4.42 Å². The van der Waals surface area contributed by atoms with Gasteiger partial charge in [-0.25, -0.2) is 8.42 Å². The Bertz CT molecular complexity index is 1120. The van der Waals surface area contributed by atoms with Crippen LogP contribution in [-0.2, 0) is 22.9 Å². The molecule has 0 saturated carbocycles. The molecule has 1 N–H and O–H groups in total. The average molecular weight is 384 g/mol. The van der Waals surface area contributed by atoms with Crippen molar-refractivity contribution in [2.45, 2.75) is 51.9 Å². The van der Waals surface area contributed by atoms with Crippen molar-refractivity contribution in [1.82, 2.24) is 0 Å². The lowest BCUT2D eigenvalue weighted by Gasteiger charge is -2.16. The minimum absolute atomic E-state index is 0.358. The van der Waals surface area contributed by atoms with Crippen LogP contribution in [-0.4, -0.2) is 8.42 Å². The third-order valence-corrected chi connectivity index (χ3v) is 7.11. The summed E-state index contributed by atoms with van der Waals surface area (Å²) in [5, 5.41) is 1.02. The molecule has 0 fully saturated rings. The van der Waals surface area contributed by atoms with E-state index >= 15 is 0 Å². The number of benzene rings is 2. The molecular formula is C22H25NO3S. The Kier molecular flexibility index (Phi) is 4.30. The van der Waals surface area contributed by atoms with Crippen LogP contribution in [0.2, 0.25) is 0 Å². The van der Waals surface area contributed by atoms with Crippen LogP contribution < -0.4 is 4.72 Å². The summed E-state index contributed by atoms with van der Waals surface area (Å²) in [7, 11) is -3.65. The van der Waals surface area contributed by atoms with Crippen molar-refractivity contribution >= 4 is 26.7 Å². The Morgan fingerprint density at radius 3 is 2.48 bits per heavy atom. The Morgan fingerprint density at radius 2 is 1.78 bits per heavy atom. The molecule has 3 aromatic rings. The molecule has 0 radical (unpaired) electrons. The molecule has 1 aliphatic carbocycles. The van der Waals surface area contributed by atoms with Crippen LogP contribution in [0.5, 0.6) is 0 Å². The smallest absolute Gasteiger partial charge is 0.262 e. The quantitative estimate of drug-likeness (QED) is 0.669. The number of rotatable bonds is 3. The van der Waals surface area contributed by atoms with Gasteiger partial charge in [0, 0.05) is 23.1 Å². The second-order valence-corrected chi connectivity index (χ2v) is 9.52. The van der Waals surface area contributed by atoms with Gasteiger partial charge in [0.05, 0.1) is 4.90 Å². The number of nitrogens with one attached hydrogen (secondary N) is 1. The van der Waals surface area contributed by atoms with E-state index in [9.17, 15) is 8.42 Å². The van der Waals surface area contributed by atoms with Gasteiger partial charge in [0.15, 0.2) is 0 Å². The molecule has 4 nitrogen and oxygen atoms in total. The summed E-state index contributed by atoms with van der Waals surface area (Å²) in [4.78, 5) is 0.358. The number of sulfonamides is 1. The van der Waals surface area contributed by atoms with E-state index in [1.165, 1.54) is 5.56 Å². The van der Waals surface area contributed by atoms with E-state index < -0.39 is 10.0 Å². The van der Waals surface area contributed by atoms with Gasteiger partial charge in [-0.3, -0.25) is 4.72 Å². The first-order valence-electron chi connectivity index (χ1n) is 9.39. The minimum atomic E-state index is -3.65. The van der Waals surface area contributed by atoms with E-state index in [2.05, 4.69) is 11.6 Å². The molecule has 2 aromatic carbocycles. The van der Waals surface area contributed by atoms with Crippen LogP contribution in [0.15, 0.2) is 39.6 Å². The highest BCUT2D eigenvalue weighted by atomic mass is 32.2. The number of hydrogen-bond acceptors (Lipinski definition) is 3. The zero-order chi connectivity index (χ0) is 19.3. The van der Waals surface area contributed by atoms with Gasteiger partial charge in [-0.2, -0.15) is 0 Å². The Morgan fingerprint density at radius 1 is 1.07 bits per heavy atom. The summed E-state index contributed by atoms with van der Waals surface area (Å²) in [6.07, 6.45) is 3.07. The molecule has 0 aliphatic heterocycles. The Balaban J connectivity index is 1.73. The molecule has 1 aromatic heterocycles. The third kappa shape index (κ3) is 3.25. The zero-order valence-electron chi connectivity index (χ0n) is 16.2. The normalized spacial score (nSPS) is 17.1. The Labute approximate surface area is 160 Å². The summed E-state index contributed by atoms with van der Waals surface area (Å²) in [5.74, 6) is 1.68. The first-order chi connectivity index (χ1) is 12.7. The van der Waals surface area contributed by atoms with Crippen LogP contribution in [0.25, 0.3) is 11.0 Å². The highest BCUT2D eigenvalue weighted by Gasteiger charge is 2.23. The van der Waals surface area contributed by atoms with Crippen LogP contribution in [0, 0.1) is 26.7 Å². The monoisotopic (exact) mass is 383 g/mol. The average Bonchev–Trinajstić information content (AvgIpc) is 2.89. The number of aryl methyl sites for hydroxylation is 4. The summed E-state index contributed by atoms with van der Waals surface area (Å²) in [6.45, 7) is 7.89. The molecule has 0 bridgehead atoms. The van der Waals surface area contributed by atoms with Crippen molar-refractivity contribution in [1.29, 1.82) is 0 Å². The van der Waals surface area contributed by atoms with Crippen molar-refractivity contribution < 1.29 is 12.8 Å². The lowest BCUT2D eigenvalue weighted by Crippen LogP contribution is -2.16. The summed E-state index contributed by atoms with van der Waals surface area (Å²) < 4.78 is 34.8. The molecule has 142 valence electrons. The molecule has 0 saturated heterocycles. The standard InChI is InChI=1S/C22H25NO3S/c1-13-5-7-18-19-12-17(6-8-20(19)26-21(18)11-13)23-27(24,25)22-15(3)9-14(2)10-16(22)4/h6,8-10,12-13,23H,5,7,11H2,1-4H3/t13-/m0/s1. The van der Waals surface area contributed by atoms with Gasteiger partial charge >= 0.3 is 0 Å². The topological polar surface area (TPSA) is 59.3 Å².